The molecule has 2 nitrogen and oxygen atoms in total. The van der Waals surface area contributed by atoms with Gasteiger partial charge in [0.15, 0.2) is 0 Å². The molecular formula is C15H22BrFN2. The highest BCUT2D eigenvalue weighted by Gasteiger charge is 2.31. The van der Waals surface area contributed by atoms with Gasteiger partial charge in [0.25, 0.3) is 0 Å². The van der Waals surface area contributed by atoms with Gasteiger partial charge in [0.05, 0.1) is 6.04 Å². The van der Waals surface area contributed by atoms with Crippen LogP contribution in [0.25, 0.3) is 0 Å². The number of benzene rings is 1. The lowest BCUT2D eigenvalue weighted by Crippen LogP contribution is -2.43. The molecule has 0 aromatic heterocycles. The third-order valence-electron chi connectivity index (χ3n) is 3.91. The molecule has 0 amide bonds. The van der Waals surface area contributed by atoms with Gasteiger partial charge >= 0.3 is 0 Å². The summed E-state index contributed by atoms with van der Waals surface area (Å²) in [5.74, 6) is -0.196. The number of nitrogens with two attached hydrogens (primary N) is 1. The van der Waals surface area contributed by atoms with Gasteiger partial charge in [0.2, 0.25) is 0 Å². The number of hydrogen-bond donors (Lipinski definition) is 1. The van der Waals surface area contributed by atoms with Gasteiger partial charge in [-0.2, -0.15) is 0 Å². The van der Waals surface area contributed by atoms with Gasteiger partial charge in [-0.15, -0.1) is 0 Å². The number of nitrogens with zero attached hydrogens (tertiary/aromatic N) is 1. The fraction of sp³-hybridized carbons (Fsp3) is 0.600. The number of likely N-dealkylation sites (tertiary alicyclic amines) is 1. The lowest BCUT2D eigenvalue weighted by Gasteiger charge is -2.37. The van der Waals surface area contributed by atoms with E-state index in [1.807, 2.05) is 0 Å². The highest BCUT2D eigenvalue weighted by Crippen LogP contribution is 2.35. The zero-order valence-electron chi connectivity index (χ0n) is 11.6. The van der Waals surface area contributed by atoms with Crippen LogP contribution in [-0.4, -0.2) is 23.5 Å². The first kappa shape index (κ1) is 14.9. The highest BCUT2D eigenvalue weighted by atomic mass is 79.9. The third kappa shape index (κ3) is 3.36. The first-order chi connectivity index (χ1) is 9.00. The molecule has 0 radical (unpaired) electrons. The smallest absolute Gasteiger partial charge is 0.123 e. The van der Waals surface area contributed by atoms with Gasteiger partial charge in [-0.05, 0) is 57.0 Å². The number of halogens is 2. The molecule has 1 saturated heterocycles. The number of hydrogen-bond acceptors (Lipinski definition) is 2. The van der Waals surface area contributed by atoms with Crippen LogP contribution in [-0.2, 0) is 0 Å². The Morgan fingerprint density at radius 2 is 2.11 bits per heavy atom. The van der Waals surface area contributed by atoms with E-state index >= 15 is 0 Å². The van der Waals surface area contributed by atoms with Crippen LogP contribution in [0.2, 0.25) is 0 Å². The summed E-state index contributed by atoms with van der Waals surface area (Å²) in [6, 6.07) is 5.44. The van der Waals surface area contributed by atoms with Crippen molar-refractivity contribution in [3.63, 3.8) is 0 Å². The zero-order chi connectivity index (χ0) is 14.0. The van der Waals surface area contributed by atoms with Crippen molar-refractivity contribution in [2.24, 2.45) is 5.73 Å². The summed E-state index contributed by atoms with van der Waals surface area (Å²) in [6.45, 7) is 5.38. The maximum absolute atomic E-state index is 13.6. The molecule has 4 heteroatoms. The fourth-order valence-electron chi connectivity index (χ4n) is 2.95. The normalized spacial score (nSPS) is 25.6. The highest BCUT2D eigenvalue weighted by molar-refractivity contribution is 9.10. The Bertz CT molecular complexity index is 436. The van der Waals surface area contributed by atoms with Crippen molar-refractivity contribution in [3.05, 3.63) is 34.1 Å². The quantitative estimate of drug-likeness (QED) is 0.893. The molecule has 1 aromatic rings. The van der Waals surface area contributed by atoms with Crippen LogP contribution >= 0.6 is 15.9 Å². The molecule has 0 saturated carbocycles. The van der Waals surface area contributed by atoms with E-state index < -0.39 is 0 Å². The van der Waals surface area contributed by atoms with E-state index in [0.717, 1.165) is 35.8 Å². The van der Waals surface area contributed by atoms with Crippen molar-refractivity contribution >= 4 is 15.9 Å². The topological polar surface area (TPSA) is 29.3 Å². The van der Waals surface area contributed by atoms with Crippen molar-refractivity contribution in [1.29, 1.82) is 0 Å². The van der Waals surface area contributed by atoms with Crippen LogP contribution in [0.3, 0.4) is 0 Å². The molecule has 1 aliphatic rings. The summed E-state index contributed by atoms with van der Waals surface area (Å²) >= 11 is 3.55. The first-order valence-corrected chi connectivity index (χ1v) is 7.76. The van der Waals surface area contributed by atoms with E-state index in [1.54, 1.807) is 12.1 Å². The lowest BCUT2D eigenvalue weighted by molar-refractivity contribution is 0.143. The van der Waals surface area contributed by atoms with Crippen molar-refractivity contribution in [3.8, 4) is 0 Å². The molecule has 2 rings (SSSR count). The Kier molecular flexibility index (Phi) is 4.98. The van der Waals surface area contributed by atoms with E-state index in [9.17, 15) is 4.39 Å². The Balaban J connectivity index is 2.43. The molecule has 2 atom stereocenters. The maximum atomic E-state index is 13.6. The minimum absolute atomic E-state index is 0.0583. The second kappa shape index (κ2) is 6.33. The van der Waals surface area contributed by atoms with Gasteiger partial charge in [0, 0.05) is 16.6 Å². The van der Waals surface area contributed by atoms with Gasteiger partial charge in [0.1, 0.15) is 5.82 Å². The maximum Gasteiger partial charge on any atom is 0.123 e. The molecule has 0 aliphatic carbocycles. The van der Waals surface area contributed by atoms with Gasteiger partial charge < -0.3 is 5.73 Å². The molecule has 1 fully saturated rings. The minimum Gasteiger partial charge on any atom is -0.326 e. The van der Waals surface area contributed by atoms with Crippen LogP contribution in [0.4, 0.5) is 4.39 Å². The van der Waals surface area contributed by atoms with Crippen LogP contribution in [0.5, 0.6) is 0 Å². The van der Waals surface area contributed by atoms with Gasteiger partial charge in [-0.1, -0.05) is 22.4 Å². The van der Waals surface area contributed by atoms with E-state index in [0.29, 0.717) is 6.04 Å². The second-order valence-electron chi connectivity index (χ2n) is 5.60. The Labute approximate surface area is 123 Å². The molecule has 0 spiro atoms. The molecule has 2 unspecified atom stereocenters. The van der Waals surface area contributed by atoms with E-state index in [-0.39, 0.29) is 17.9 Å². The average molecular weight is 329 g/mol. The summed E-state index contributed by atoms with van der Waals surface area (Å²) in [4.78, 5) is 2.40. The van der Waals surface area contributed by atoms with E-state index in [4.69, 9.17) is 5.73 Å². The molecule has 0 bridgehead atoms. The molecule has 19 heavy (non-hydrogen) atoms. The summed E-state index contributed by atoms with van der Waals surface area (Å²) in [7, 11) is 0. The molecule has 1 heterocycles. The molecule has 1 aromatic carbocycles. The van der Waals surface area contributed by atoms with Crippen molar-refractivity contribution in [2.75, 3.05) is 6.54 Å². The summed E-state index contributed by atoms with van der Waals surface area (Å²) in [6.07, 6.45) is 3.31. The van der Waals surface area contributed by atoms with E-state index in [2.05, 4.69) is 34.7 Å². The van der Waals surface area contributed by atoms with Crippen LogP contribution in [0.1, 0.15) is 44.7 Å². The van der Waals surface area contributed by atoms with Crippen molar-refractivity contribution < 1.29 is 4.39 Å². The monoisotopic (exact) mass is 328 g/mol. The summed E-state index contributed by atoms with van der Waals surface area (Å²) < 4.78 is 14.5. The first-order valence-electron chi connectivity index (χ1n) is 6.97. The van der Waals surface area contributed by atoms with Crippen molar-refractivity contribution in [1.82, 2.24) is 4.90 Å². The van der Waals surface area contributed by atoms with Crippen LogP contribution in [0.15, 0.2) is 22.7 Å². The van der Waals surface area contributed by atoms with Crippen molar-refractivity contribution in [2.45, 2.75) is 51.2 Å². The van der Waals surface area contributed by atoms with E-state index in [1.165, 1.54) is 6.07 Å². The lowest BCUT2D eigenvalue weighted by atomic mass is 9.95. The van der Waals surface area contributed by atoms with Gasteiger partial charge in [-0.25, -0.2) is 4.39 Å². The predicted octanol–water partition coefficient (Wildman–Crippen LogP) is 3.85. The zero-order valence-corrected chi connectivity index (χ0v) is 13.2. The molecule has 106 valence electrons. The largest absolute Gasteiger partial charge is 0.326 e. The third-order valence-corrected chi connectivity index (χ3v) is 4.63. The molecule has 1 aliphatic heterocycles. The SMILES string of the molecule is CC(C)N1CCCCC(N)C1c1cc(F)ccc1Br. The predicted molar refractivity (Wildman–Crippen MR) is 80.5 cm³/mol. The van der Waals surface area contributed by atoms with Crippen LogP contribution < -0.4 is 5.73 Å². The Hall–Kier alpha value is -0.450. The molecule has 2 N–H and O–H groups in total. The average Bonchev–Trinajstić information content (AvgIpc) is 2.54. The minimum atomic E-state index is -0.196. The summed E-state index contributed by atoms with van der Waals surface area (Å²) in [5, 5.41) is 0. The number of rotatable bonds is 2. The second-order valence-corrected chi connectivity index (χ2v) is 6.46. The van der Waals surface area contributed by atoms with Crippen LogP contribution in [0, 0.1) is 5.82 Å². The standard InChI is InChI=1S/C15H22BrFN2/c1-10(2)19-8-4-3-5-14(18)15(19)12-9-11(17)6-7-13(12)16/h6-7,9-10,14-15H,3-5,8,18H2,1-2H3. The van der Waals surface area contributed by atoms with Gasteiger partial charge in [-0.3, -0.25) is 4.90 Å². The summed E-state index contributed by atoms with van der Waals surface area (Å²) in [5.41, 5.74) is 7.35. The Morgan fingerprint density at radius 3 is 2.79 bits per heavy atom. The molecular weight excluding hydrogens is 307 g/mol. The fourth-order valence-corrected chi connectivity index (χ4v) is 3.43. The Morgan fingerprint density at radius 1 is 1.37 bits per heavy atom.